The van der Waals surface area contributed by atoms with E-state index < -0.39 is 17.7 Å². The Hall–Kier alpha value is -4.71. The van der Waals surface area contributed by atoms with Gasteiger partial charge in [0.1, 0.15) is 9.88 Å². The van der Waals surface area contributed by atoms with Crippen LogP contribution in [0.5, 0.6) is 5.75 Å². The molecule has 16 nitrogen and oxygen atoms in total. The quantitative estimate of drug-likeness (QED) is 0.0957. The summed E-state index contributed by atoms with van der Waals surface area (Å²) in [7, 11) is 1.41. The zero-order valence-corrected chi connectivity index (χ0v) is 23.9. The molecular formula is C26H30N8O8S. The molecule has 228 valence electrons. The maximum Gasteiger partial charge on any atom is 0.369 e. The van der Waals surface area contributed by atoms with Gasteiger partial charge in [-0.3, -0.25) is 24.5 Å². The van der Waals surface area contributed by atoms with Crippen LogP contribution in [0.15, 0.2) is 30.5 Å². The van der Waals surface area contributed by atoms with Gasteiger partial charge in [-0.25, -0.2) is 4.98 Å². The highest BCUT2D eigenvalue weighted by atomic mass is 32.1. The lowest BCUT2D eigenvalue weighted by Crippen LogP contribution is -2.48. The van der Waals surface area contributed by atoms with Crippen molar-refractivity contribution < 1.29 is 39.2 Å². The van der Waals surface area contributed by atoms with E-state index in [0.29, 0.717) is 27.6 Å². The summed E-state index contributed by atoms with van der Waals surface area (Å²) in [4.78, 5) is 53.6. The standard InChI is InChI=1S/C26H30N8O8S/c1-3-19(35)27-9-10-28-23(37)17-12-29-25(43-17)14-5-4-6-15(21(14)42-2)30-16-11-18(31-22(36)13-7-8-13)33-34-20(16)24(38)32-26(39,40)41/h4-6,11-13,39-41H,3,7-10H2,1-2H3,(H,27,35)(H,28,37)(H,32,38)(H2,30,31,33,36). The van der Waals surface area contributed by atoms with E-state index in [1.165, 1.54) is 19.4 Å². The summed E-state index contributed by atoms with van der Waals surface area (Å²) in [5.41, 5.74) is 0.356. The largest absolute Gasteiger partial charge is 0.494 e. The van der Waals surface area contributed by atoms with Crippen LogP contribution in [0, 0.1) is 5.92 Å². The summed E-state index contributed by atoms with van der Waals surface area (Å²) in [6.07, 6.45) is -0.268. The maximum absolute atomic E-state index is 12.7. The lowest BCUT2D eigenvalue weighted by molar-refractivity contribution is -0.323. The van der Waals surface area contributed by atoms with Crippen LogP contribution in [-0.4, -0.2) is 80.4 Å². The van der Waals surface area contributed by atoms with Gasteiger partial charge in [-0.1, -0.05) is 13.0 Å². The number of para-hydroxylation sites is 1. The molecule has 4 amide bonds. The van der Waals surface area contributed by atoms with Crippen LogP contribution in [0.1, 0.15) is 46.3 Å². The molecule has 2 heterocycles. The molecule has 1 aliphatic carbocycles. The smallest absolute Gasteiger partial charge is 0.369 e. The Morgan fingerprint density at radius 1 is 1.05 bits per heavy atom. The van der Waals surface area contributed by atoms with Gasteiger partial charge in [0.05, 0.1) is 30.2 Å². The van der Waals surface area contributed by atoms with Gasteiger partial charge in [-0.2, -0.15) is 0 Å². The van der Waals surface area contributed by atoms with Gasteiger partial charge in [0, 0.05) is 31.5 Å². The van der Waals surface area contributed by atoms with Crippen molar-refractivity contribution in [2.24, 2.45) is 5.92 Å². The molecule has 17 heteroatoms. The number of methoxy groups -OCH3 is 1. The van der Waals surface area contributed by atoms with E-state index >= 15 is 0 Å². The van der Waals surface area contributed by atoms with Crippen LogP contribution < -0.4 is 31.3 Å². The number of benzene rings is 1. The first-order valence-corrected chi connectivity index (χ1v) is 13.9. The topological polar surface area (TPSA) is 237 Å². The minimum absolute atomic E-state index is 0.0207. The number of amides is 4. The molecule has 1 fully saturated rings. The van der Waals surface area contributed by atoms with E-state index in [4.69, 9.17) is 4.74 Å². The molecular weight excluding hydrogens is 584 g/mol. The second-order valence-electron chi connectivity index (χ2n) is 9.35. The third-order valence-corrected chi connectivity index (χ3v) is 7.02. The number of nitrogens with one attached hydrogen (secondary N) is 5. The zero-order valence-electron chi connectivity index (χ0n) is 23.1. The van der Waals surface area contributed by atoms with Crippen LogP contribution >= 0.6 is 11.3 Å². The highest BCUT2D eigenvalue weighted by molar-refractivity contribution is 7.17. The molecule has 0 saturated heterocycles. The van der Waals surface area contributed by atoms with Crippen LogP contribution in [0.25, 0.3) is 10.6 Å². The van der Waals surface area contributed by atoms with Crippen molar-refractivity contribution >= 4 is 52.2 Å². The number of nitrogens with zero attached hydrogens (tertiary/aromatic N) is 3. The van der Waals surface area contributed by atoms with Crippen molar-refractivity contribution in [1.29, 1.82) is 0 Å². The first-order chi connectivity index (χ1) is 20.5. The minimum Gasteiger partial charge on any atom is -0.494 e. The monoisotopic (exact) mass is 614 g/mol. The van der Waals surface area contributed by atoms with E-state index in [1.807, 2.05) is 0 Å². The second-order valence-corrected chi connectivity index (χ2v) is 10.4. The van der Waals surface area contributed by atoms with E-state index in [1.54, 1.807) is 30.4 Å². The average Bonchev–Trinajstić information content (AvgIpc) is 3.70. The van der Waals surface area contributed by atoms with Gasteiger partial charge in [0.2, 0.25) is 11.8 Å². The summed E-state index contributed by atoms with van der Waals surface area (Å²) < 4.78 is 5.64. The number of aliphatic hydroxyl groups is 3. The Morgan fingerprint density at radius 3 is 2.47 bits per heavy atom. The number of hydrogen-bond acceptors (Lipinski definition) is 13. The number of anilines is 3. The number of thiazole rings is 1. The fourth-order valence-electron chi connectivity index (χ4n) is 3.76. The number of carbonyl (C=O) groups is 4. The molecule has 0 bridgehead atoms. The van der Waals surface area contributed by atoms with Gasteiger partial charge in [-0.15, -0.1) is 21.5 Å². The first-order valence-electron chi connectivity index (χ1n) is 13.1. The molecule has 2 aromatic heterocycles. The van der Waals surface area contributed by atoms with E-state index in [2.05, 4.69) is 36.4 Å². The fourth-order valence-corrected chi connectivity index (χ4v) is 4.62. The molecule has 0 spiro atoms. The van der Waals surface area contributed by atoms with Crippen molar-refractivity contribution in [3.8, 4) is 16.3 Å². The average molecular weight is 615 g/mol. The molecule has 0 aliphatic heterocycles. The molecule has 0 radical (unpaired) electrons. The van der Waals surface area contributed by atoms with Crippen LogP contribution in [0.2, 0.25) is 0 Å². The van der Waals surface area contributed by atoms with E-state index in [-0.39, 0.29) is 54.0 Å². The summed E-state index contributed by atoms with van der Waals surface area (Å²) in [5, 5.41) is 48.3. The Morgan fingerprint density at radius 2 is 1.79 bits per heavy atom. The van der Waals surface area contributed by atoms with Crippen molar-refractivity contribution in [3.63, 3.8) is 0 Å². The van der Waals surface area contributed by atoms with Crippen molar-refractivity contribution in [3.05, 3.63) is 41.0 Å². The number of rotatable bonds is 13. The number of carbonyl (C=O) groups excluding carboxylic acids is 4. The molecule has 0 unspecified atom stereocenters. The molecule has 4 rings (SSSR count). The second kappa shape index (κ2) is 13.5. The Bertz CT molecular complexity index is 1520. The summed E-state index contributed by atoms with van der Waals surface area (Å²) in [5.74, 6) is -1.77. The van der Waals surface area contributed by atoms with Crippen LogP contribution in [-0.2, 0) is 9.59 Å². The maximum atomic E-state index is 12.7. The highest BCUT2D eigenvalue weighted by Gasteiger charge is 2.31. The van der Waals surface area contributed by atoms with Crippen molar-refractivity contribution in [2.75, 3.05) is 30.8 Å². The van der Waals surface area contributed by atoms with Gasteiger partial charge in [-0.05, 0) is 25.0 Å². The lowest BCUT2D eigenvalue weighted by Gasteiger charge is -2.18. The summed E-state index contributed by atoms with van der Waals surface area (Å²) >= 11 is 1.10. The van der Waals surface area contributed by atoms with Crippen molar-refractivity contribution in [1.82, 2.24) is 31.1 Å². The molecule has 1 saturated carbocycles. The Kier molecular flexibility index (Phi) is 9.81. The van der Waals surface area contributed by atoms with Crippen LogP contribution in [0.3, 0.4) is 0 Å². The molecule has 0 atom stereocenters. The third kappa shape index (κ3) is 8.41. The van der Waals surface area contributed by atoms with Gasteiger partial charge in [0.15, 0.2) is 17.3 Å². The lowest BCUT2D eigenvalue weighted by atomic mass is 10.1. The molecule has 1 aliphatic rings. The first kappa shape index (κ1) is 31.2. The molecule has 3 aromatic rings. The van der Waals surface area contributed by atoms with E-state index in [9.17, 15) is 34.5 Å². The third-order valence-electron chi connectivity index (χ3n) is 5.99. The summed E-state index contributed by atoms with van der Waals surface area (Å²) in [6.45, 7) is 2.26. The fraction of sp³-hybridized carbons (Fsp3) is 0.346. The highest BCUT2D eigenvalue weighted by Crippen LogP contribution is 2.40. The normalized spacial score (nSPS) is 12.7. The number of ether oxygens (including phenoxy) is 1. The number of aromatic nitrogens is 3. The van der Waals surface area contributed by atoms with Crippen LogP contribution in [0.4, 0.5) is 17.2 Å². The predicted molar refractivity (Wildman–Crippen MR) is 153 cm³/mol. The predicted octanol–water partition coefficient (Wildman–Crippen LogP) is 0.275. The van der Waals surface area contributed by atoms with Crippen molar-refractivity contribution in [2.45, 2.75) is 32.3 Å². The number of hydrogen-bond donors (Lipinski definition) is 8. The van der Waals surface area contributed by atoms with Gasteiger partial charge >= 0.3 is 6.10 Å². The Labute approximate surface area is 248 Å². The molecule has 1 aromatic carbocycles. The Balaban J connectivity index is 1.59. The van der Waals surface area contributed by atoms with E-state index in [0.717, 1.165) is 24.2 Å². The zero-order chi connectivity index (χ0) is 31.1. The molecule has 43 heavy (non-hydrogen) atoms. The van der Waals surface area contributed by atoms with Gasteiger partial charge < -0.3 is 41.3 Å². The summed E-state index contributed by atoms with van der Waals surface area (Å²) in [6, 6.07) is 6.31. The molecule has 8 N–H and O–H groups in total. The van der Waals surface area contributed by atoms with Gasteiger partial charge in [0.25, 0.3) is 11.8 Å². The SMILES string of the molecule is CCC(=O)NCCNC(=O)c1cnc(-c2cccc(Nc3cc(NC(=O)C4CC4)nnc3C(=O)NC(O)(O)O)c2OC)s1. The minimum atomic E-state index is -3.52.